The fraction of sp³-hybridized carbons (Fsp3) is 0.556. The van der Waals surface area contributed by atoms with Crippen LogP contribution < -0.4 is 5.32 Å². The van der Waals surface area contributed by atoms with Crippen molar-refractivity contribution in [3.63, 3.8) is 0 Å². The molecule has 1 N–H and O–H groups in total. The Hall–Kier alpha value is -1.92. The van der Waals surface area contributed by atoms with Crippen molar-refractivity contribution in [1.82, 2.24) is 15.2 Å². The molecular weight excluding hydrogens is 306 g/mol. The molecule has 0 bridgehead atoms. The first-order valence-electron chi connectivity index (χ1n) is 8.64. The molecule has 1 atom stereocenters. The Morgan fingerprint density at radius 2 is 2.12 bits per heavy atom. The molecule has 0 spiro atoms. The standard InChI is InChI=1S/C18H25N3O3/c1-14(13-21-9-11-23-12-10-21)19-17(22)7-4-8-18-20-15-5-2-3-6-16(15)24-18/h2-3,5-6,14H,4,7-13H2,1H3,(H,19,22)/t14-/m0/s1. The third-order valence-electron chi connectivity index (χ3n) is 4.18. The van der Waals surface area contributed by atoms with Crippen LogP contribution in [0.25, 0.3) is 11.1 Å². The zero-order valence-electron chi connectivity index (χ0n) is 14.2. The Bertz CT molecular complexity index is 631. The molecule has 6 nitrogen and oxygen atoms in total. The second-order valence-corrected chi connectivity index (χ2v) is 6.31. The highest BCUT2D eigenvalue weighted by atomic mass is 16.5. The van der Waals surface area contributed by atoms with Gasteiger partial charge in [0.15, 0.2) is 11.5 Å². The number of carbonyl (C=O) groups is 1. The zero-order chi connectivity index (χ0) is 16.8. The van der Waals surface area contributed by atoms with Gasteiger partial charge in [-0.15, -0.1) is 0 Å². The van der Waals surface area contributed by atoms with Gasteiger partial charge in [-0.2, -0.15) is 0 Å². The molecule has 3 rings (SSSR count). The van der Waals surface area contributed by atoms with Crippen LogP contribution in [0.5, 0.6) is 0 Å². The predicted octanol–water partition coefficient (Wildman–Crippen LogP) is 1.99. The molecule has 130 valence electrons. The molecule has 1 aromatic carbocycles. The number of hydrogen-bond donors (Lipinski definition) is 1. The van der Waals surface area contributed by atoms with Crippen LogP contribution in [-0.2, 0) is 16.0 Å². The molecule has 24 heavy (non-hydrogen) atoms. The van der Waals surface area contributed by atoms with Crippen molar-refractivity contribution in [2.75, 3.05) is 32.8 Å². The first-order chi connectivity index (χ1) is 11.7. The number of para-hydroxylation sites is 2. The monoisotopic (exact) mass is 331 g/mol. The van der Waals surface area contributed by atoms with Crippen molar-refractivity contribution in [1.29, 1.82) is 0 Å². The Balaban J connectivity index is 1.37. The van der Waals surface area contributed by atoms with Gasteiger partial charge in [-0.1, -0.05) is 12.1 Å². The third-order valence-corrected chi connectivity index (χ3v) is 4.18. The number of hydrogen-bond acceptors (Lipinski definition) is 5. The highest BCUT2D eigenvalue weighted by Crippen LogP contribution is 2.16. The third kappa shape index (κ3) is 4.79. The highest BCUT2D eigenvalue weighted by molar-refractivity contribution is 5.76. The second-order valence-electron chi connectivity index (χ2n) is 6.31. The molecule has 2 heterocycles. The minimum absolute atomic E-state index is 0.0897. The van der Waals surface area contributed by atoms with E-state index in [9.17, 15) is 4.79 Å². The highest BCUT2D eigenvalue weighted by Gasteiger charge is 2.15. The normalized spacial score (nSPS) is 17.0. The Kier molecular flexibility index (Phi) is 5.82. The van der Waals surface area contributed by atoms with E-state index in [1.807, 2.05) is 31.2 Å². The lowest BCUT2D eigenvalue weighted by molar-refractivity contribution is -0.122. The number of benzene rings is 1. The number of nitrogens with one attached hydrogen (secondary N) is 1. The van der Waals surface area contributed by atoms with Crippen molar-refractivity contribution in [3.8, 4) is 0 Å². The van der Waals surface area contributed by atoms with Crippen LogP contribution in [0.15, 0.2) is 28.7 Å². The predicted molar refractivity (Wildman–Crippen MR) is 91.8 cm³/mol. The number of ether oxygens (including phenoxy) is 1. The minimum atomic E-state index is 0.0897. The van der Waals surface area contributed by atoms with Gasteiger partial charge in [-0.3, -0.25) is 9.69 Å². The van der Waals surface area contributed by atoms with E-state index in [0.717, 1.165) is 50.4 Å². The SMILES string of the molecule is C[C@@H](CN1CCOCC1)NC(=O)CCCc1nc2ccccc2o1. The van der Waals surface area contributed by atoms with Crippen LogP contribution in [0.4, 0.5) is 0 Å². The van der Waals surface area contributed by atoms with Gasteiger partial charge in [0.1, 0.15) is 5.52 Å². The van der Waals surface area contributed by atoms with Gasteiger partial charge >= 0.3 is 0 Å². The molecule has 0 aliphatic carbocycles. The van der Waals surface area contributed by atoms with Gasteiger partial charge in [-0.05, 0) is 25.5 Å². The molecule has 1 fully saturated rings. The van der Waals surface area contributed by atoms with Crippen molar-refractivity contribution >= 4 is 17.0 Å². The molecule has 1 amide bonds. The second kappa shape index (κ2) is 8.26. The quantitative estimate of drug-likeness (QED) is 0.840. The average molecular weight is 331 g/mol. The summed E-state index contributed by atoms with van der Waals surface area (Å²) in [5, 5.41) is 3.07. The molecular formula is C18H25N3O3. The Labute approximate surface area is 142 Å². The number of nitrogens with zero attached hydrogens (tertiary/aromatic N) is 2. The first-order valence-corrected chi connectivity index (χ1v) is 8.64. The minimum Gasteiger partial charge on any atom is -0.441 e. The molecule has 1 aromatic heterocycles. The van der Waals surface area contributed by atoms with E-state index >= 15 is 0 Å². The summed E-state index contributed by atoms with van der Waals surface area (Å²) >= 11 is 0. The Morgan fingerprint density at radius 1 is 1.33 bits per heavy atom. The summed E-state index contributed by atoms with van der Waals surface area (Å²) in [5.74, 6) is 0.789. The largest absolute Gasteiger partial charge is 0.441 e. The number of aromatic nitrogens is 1. The smallest absolute Gasteiger partial charge is 0.220 e. The van der Waals surface area contributed by atoms with E-state index < -0.39 is 0 Å². The van der Waals surface area contributed by atoms with Crippen LogP contribution in [0.3, 0.4) is 0 Å². The molecule has 2 aromatic rings. The maximum Gasteiger partial charge on any atom is 0.220 e. The number of carbonyl (C=O) groups excluding carboxylic acids is 1. The summed E-state index contributed by atoms with van der Waals surface area (Å²) in [4.78, 5) is 18.8. The van der Waals surface area contributed by atoms with Gasteiger partial charge in [-0.25, -0.2) is 4.98 Å². The van der Waals surface area contributed by atoms with Crippen molar-refractivity contribution in [2.45, 2.75) is 32.2 Å². The maximum absolute atomic E-state index is 12.1. The summed E-state index contributed by atoms with van der Waals surface area (Å²) in [5.41, 5.74) is 1.67. The van der Waals surface area contributed by atoms with Gasteiger partial charge in [0.05, 0.1) is 13.2 Å². The van der Waals surface area contributed by atoms with Crippen LogP contribution in [0, 0.1) is 0 Å². The molecule has 0 radical (unpaired) electrons. The summed E-state index contributed by atoms with van der Waals surface area (Å²) < 4.78 is 11.0. The number of aryl methyl sites for hydroxylation is 1. The Morgan fingerprint density at radius 3 is 2.92 bits per heavy atom. The van der Waals surface area contributed by atoms with Crippen molar-refractivity contribution in [2.24, 2.45) is 0 Å². The molecule has 0 unspecified atom stereocenters. The number of rotatable bonds is 7. The summed E-state index contributed by atoms with van der Waals surface area (Å²) in [6.45, 7) is 6.38. The van der Waals surface area contributed by atoms with Gasteiger partial charge in [0.2, 0.25) is 5.91 Å². The summed E-state index contributed by atoms with van der Waals surface area (Å²) in [6, 6.07) is 7.87. The van der Waals surface area contributed by atoms with Crippen molar-refractivity contribution < 1.29 is 13.9 Å². The van der Waals surface area contributed by atoms with E-state index in [0.29, 0.717) is 18.7 Å². The number of oxazole rings is 1. The van der Waals surface area contributed by atoms with Gasteiger partial charge < -0.3 is 14.5 Å². The van der Waals surface area contributed by atoms with E-state index in [2.05, 4.69) is 15.2 Å². The first kappa shape index (κ1) is 16.9. The zero-order valence-corrected chi connectivity index (χ0v) is 14.2. The van der Waals surface area contributed by atoms with E-state index in [-0.39, 0.29) is 11.9 Å². The number of amides is 1. The average Bonchev–Trinajstić information content (AvgIpc) is 2.98. The fourth-order valence-corrected chi connectivity index (χ4v) is 2.99. The lowest BCUT2D eigenvalue weighted by Crippen LogP contribution is -2.45. The van der Waals surface area contributed by atoms with E-state index in [1.54, 1.807) is 0 Å². The molecule has 6 heteroatoms. The number of fused-ring (bicyclic) bond motifs is 1. The molecule has 1 aliphatic rings. The molecule has 1 aliphatic heterocycles. The van der Waals surface area contributed by atoms with Crippen LogP contribution in [-0.4, -0.2) is 54.7 Å². The maximum atomic E-state index is 12.1. The topological polar surface area (TPSA) is 67.6 Å². The summed E-state index contributed by atoms with van der Waals surface area (Å²) in [7, 11) is 0. The van der Waals surface area contributed by atoms with Crippen LogP contribution in [0.1, 0.15) is 25.7 Å². The van der Waals surface area contributed by atoms with Crippen molar-refractivity contribution in [3.05, 3.63) is 30.2 Å². The van der Waals surface area contributed by atoms with Crippen LogP contribution >= 0.6 is 0 Å². The number of morpholine rings is 1. The van der Waals surface area contributed by atoms with Gasteiger partial charge in [0, 0.05) is 38.5 Å². The van der Waals surface area contributed by atoms with E-state index in [4.69, 9.17) is 9.15 Å². The van der Waals surface area contributed by atoms with Crippen LogP contribution in [0.2, 0.25) is 0 Å². The lowest BCUT2D eigenvalue weighted by Gasteiger charge is -2.29. The molecule has 0 saturated carbocycles. The lowest BCUT2D eigenvalue weighted by atomic mass is 10.2. The summed E-state index contributed by atoms with van der Waals surface area (Å²) in [6.07, 6.45) is 1.91. The van der Waals surface area contributed by atoms with Gasteiger partial charge in [0.25, 0.3) is 0 Å². The van der Waals surface area contributed by atoms with E-state index in [1.165, 1.54) is 0 Å². The molecule has 1 saturated heterocycles. The fourth-order valence-electron chi connectivity index (χ4n) is 2.99.